The highest BCUT2D eigenvalue weighted by molar-refractivity contribution is 7.06. The first-order valence-electron chi connectivity index (χ1n) is 4.21. The average molecular weight is 203 g/mol. The predicted octanol–water partition coefficient (Wildman–Crippen LogP) is 2.61. The number of piperidine rings is 1. The number of rotatable bonds is 1. The number of aromatic nitrogens is 1. The molecule has 2 rings (SSSR count). The van der Waals surface area contributed by atoms with Crippen LogP contribution in [-0.2, 0) is 0 Å². The minimum absolute atomic E-state index is 0.457. The van der Waals surface area contributed by atoms with E-state index in [-0.39, 0.29) is 0 Å². The summed E-state index contributed by atoms with van der Waals surface area (Å²) in [6, 6.07) is 0.457. The third kappa shape index (κ3) is 1.63. The van der Waals surface area contributed by atoms with Gasteiger partial charge in [0, 0.05) is 6.04 Å². The van der Waals surface area contributed by atoms with E-state index in [4.69, 9.17) is 11.6 Å². The van der Waals surface area contributed by atoms with Gasteiger partial charge in [-0.2, -0.15) is 4.37 Å². The van der Waals surface area contributed by atoms with Crippen LogP contribution in [-0.4, -0.2) is 10.9 Å². The summed E-state index contributed by atoms with van der Waals surface area (Å²) in [5, 5.41) is 4.27. The third-order valence-electron chi connectivity index (χ3n) is 2.18. The van der Waals surface area contributed by atoms with Gasteiger partial charge in [0.25, 0.3) is 0 Å². The molecule has 0 radical (unpaired) electrons. The van der Waals surface area contributed by atoms with E-state index in [1.54, 1.807) is 6.20 Å². The number of nitrogens with zero attached hydrogens (tertiary/aromatic N) is 1. The highest BCUT2D eigenvalue weighted by atomic mass is 35.5. The quantitative estimate of drug-likeness (QED) is 0.758. The van der Waals surface area contributed by atoms with E-state index >= 15 is 0 Å². The molecule has 0 amide bonds. The van der Waals surface area contributed by atoms with Gasteiger partial charge in [0.15, 0.2) is 0 Å². The van der Waals surface area contributed by atoms with E-state index in [9.17, 15) is 0 Å². The van der Waals surface area contributed by atoms with Crippen molar-refractivity contribution in [2.24, 2.45) is 0 Å². The van der Waals surface area contributed by atoms with E-state index in [1.165, 1.54) is 35.7 Å². The second-order valence-electron chi connectivity index (χ2n) is 3.04. The number of nitrogens with one attached hydrogen (secondary N) is 1. The van der Waals surface area contributed by atoms with E-state index in [0.29, 0.717) is 6.04 Å². The molecule has 1 aromatic rings. The fraction of sp³-hybridized carbons (Fsp3) is 0.625. The smallest absolute Gasteiger partial charge is 0.0761 e. The molecule has 1 fully saturated rings. The summed E-state index contributed by atoms with van der Waals surface area (Å²) in [5.41, 5.74) is 0. The first-order chi connectivity index (χ1) is 5.88. The van der Waals surface area contributed by atoms with Gasteiger partial charge in [-0.1, -0.05) is 18.0 Å². The van der Waals surface area contributed by atoms with Crippen LogP contribution < -0.4 is 5.32 Å². The lowest BCUT2D eigenvalue weighted by Gasteiger charge is -2.22. The standard InChI is InChI=1S/C8H11ClN2S/c9-6-5-11-12-8(6)7-3-1-2-4-10-7/h5,7,10H,1-4H2. The highest BCUT2D eigenvalue weighted by Crippen LogP contribution is 2.31. The minimum atomic E-state index is 0.457. The Morgan fingerprint density at radius 2 is 2.50 bits per heavy atom. The van der Waals surface area contributed by atoms with Crippen LogP contribution in [0.4, 0.5) is 0 Å². The lowest BCUT2D eigenvalue weighted by molar-refractivity contribution is 0.417. The SMILES string of the molecule is Clc1cnsc1C1CCCCN1. The normalized spacial score (nSPS) is 24.2. The molecule has 1 aliphatic heterocycles. The fourth-order valence-corrected chi connectivity index (χ4v) is 2.62. The van der Waals surface area contributed by atoms with E-state index in [0.717, 1.165) is 11.6 Å². The molecule has 1 aromatic heterocycles. The van der Waals surface area contributed by atoms with Gasteiger partial charge in [-0.3, -0.25) is 0 Å². The summed E-state index contributed by atoms with van der Waals surface area (Å²) in [4.78, 5) is 1.20. The molecule has 1 N–H and O–H groups in total. The average Bonchev–Trinajstić information content (AvgIpc) is 2.53. The van der Waals surface area contributed by atoms with Crippen LogP contribution in [0, 0.1) is 0 Å². The Bertz CT molecular complexity index is 255. The largest absolute Gasteiger partial charge is 0.309 e. The Morgan fingerprint density at radius 1 is 1.58 bits per heavy atom. The van der Waals surface area contributed by atoms with Crippen LogP contribution in [0.1, 0.15) is 30.2 Å². The van der Waals surface area contributed by atoms with E-state index in [1.807, 2.05) is 0 Å². The zero-order valence-electron chi connectivity index (χ0n) is 6.72. The van der Waals surface area contributed by atoms with E-state index < -0.39 is 0 Å². The van der Waals surface area contributed by atoms with Crippen molar-refractivity contribution in [1.29, 1.82) is 0 Å². The first kappa shape index (κ1) is 8.48. The Balaban J connectivity index is 2.13. The van der Waals surface area contributed by atoms with Crippen LogP contribution >= 0.6 is 23.1 Å². The topological polar surface area (TPSA) is 24.9 Å². The van der Waals surface area contributed by atoms with Crippen molar-refractivity contribution < 1.29 is 0 Å². The second-order valence-corrected chi connectivity index (χ2v) is 4.28. The van der Waals surface area contributed by atoms with Crippen LogP contribution in [0.15, 0.2) is 6.20 Å². The molecule has 0 spiro atoms. The predicted molar refractivity (Wildman–Crippen MR) is 51.7 cm³/mol. The molecule has 0 aliphatic carbocycles. The first-order valence-corrected chi connectivity index (χ1v) is 5.36. The molecule has 0 aromatic carbocycles. The summed E-state index contributed by atoms with van der Waals surface area (Å²) in [5.74, 6) is 0. The van der Waals surface area contributed by atoms with Crippen molar-refractivity contribution in [2.75, 3.05) is 6.54 Å². The van der Waals surface area contributed by atoms with Crippen LogP contribution in [0.2, 0.25) is 5.02 Å². The number of hydrogen-bond donors (Lipinski definition) is 1. The summed E-state index contributed by atoms with van der Waals surface area (Å²) in [6.07, 6.45) is 5.51. The maximum atomic E-state index is 5.98. The molecule has 1 atom stereocenters. The maximum absolute atomic E-state index is 5.98. The molecule has 1 unspecified atom stereocenters. The molecule has 1 aliphatic rings. The van der Waals surface area contributed by atoms with Gasteiger partial charge in [-0.25, -0.2) is 0 Å². The van der Waals surface area contributed by atoms with Gasteiger partial charge in [0.1, 0.15) is 0 Å². The Hall–Kier alpha value is -0.120. The van der Waals surface area contributed by atoms with Gasteiger partial charge >= 0.3 is 0 Å². The minimum Gasteiger partial charge on any atom is -0.309 e. The number of halogens is 1. The van der Waals surface area contributed by atoms with Crippen molar-refractivity contribution in [1.82, 2.24) is 9.69 Å². The molecule has 66 valence electrons. The molecule has 1 saturated heterocycles. The lowest BCUT2D eigenvalue weighted by atomic mass is 10.0. The summed E-state index contributed by atoms with van der Waals surface area (Å²) >= 11 is 7.49. The van der Waals surface area contributed by atoms with Gasteiger partial charge in [-0.15, -0.1) is 0 Å². The van der Waals surface area contributed by atoms with Gasteiger partial charge < -0.3 is 5.32 Å². The molecule has 0 bridgehead atoms. The van der Waals surface area contributed by atoms with Crippen molar-refractivity contribution in [2.45, 2.75) is 25.3 Å². The van der Waals surface area contributed by atoms with Crippen molar-refractivity contribution in [3.8, 4) is 0 Å². The molecular formula is C8H11ClN2S. The zero-order valence-corrected chi connectivity index (χ0v) is 8.29. The monoisotopic (exact) mass is 202 g/mol. The molecule has 0 saturated carbocycles. The Kier molecular flexibility index (Phi) is 2.63. The van der Waals surface area contributed by atoms with Crippen molar-refractivity contribution >= 4 is 23.1 Å². The second kappa shape index (κ2) is 3.73. The molecule has 2 heterocycles. The lowest BCUT2D eigenvalue weighted by Crippen LogP contribution is -2.26. The maximum Gasteiger partial charge on any atom is 0.0761 e. The Labute approximate surface area is 81.1 Å². The van der Waals surface area contributed by atoms with Crippen LogP contribution in [0.25, 0.3) is 0 Å². The van der Waals surface area contributed by atoms with Crippen LogP contribution in [0.5, 0.6) is 0 Å². The third-order valence-corrected chi connectivity index (χ3v) is 3.50. The molecule has 2 nitrogen and oxygen atoms in total. The fourth-order valence-electron chi connectivity index (χ4n) is 1.54. The van der Waals surface area contributed by atoms with Gasteiger partial charge in [0.05, 0.1) is 16.1 Å². The molecule has 12 heavy (non-hydrogen) atoms. The summed E-state index contributed by atoms with van der Waals surface area (Å²) < 4.78 is 4.07. The van der Waals surface area contributed by atoms with Crippen molar-refractivity contribution in [3.63, 3.8) is 0 Å². The van der Waals surface area contributed by atoms with Gasteiger partial charge in [0.2, 0.25) is 0 Å². The summed E-state index contributed by atoms with van der Waals surface area (Å²) in [6.45, 7) is 1.11. The Morgan fingerprint density at radius 3 is 3.08 bits per heavy atom. The van der Waals surface area contributed by atoms with Crippen molar-refractivity contribution in [3.05, 3.63) is 16.1 Å². The van der Waals surface area contributed by atoms with E-state index in [2.05, 4.69) is 9.69 Å². The van der Waals surface area contributed by atoms with Crippen LogP contribution in [0.3, 0.4) is 0 Å². The highest BCUT2D eigenvalue weighted by Gasteiger charge is 2.18. The summed E-state index contributed by atoms with van der Waals surface area (Å²) in [7, 11) is 0. The number of hydrogen-bond acceptors (Lipinski definition) is 3. The zero-order chi connectivity index (χ0) is 8.39. The van der Waals surface area contributed by atoms with Gasteiger partial charge in [-0.05, 0) is 30.9 Å². The molecular weight excluding hydrogens is 192 g/mol. The molecule has 4 heteroatoms.